The van der Waals surface area contributed by atoms with E-state index in [1.807, 2.05) is 12.3 Å². The molecule has 0 aromatic carbocycles. The molecule has 2 heterocycles. The SMILES string of the molecule is CCc1cnc(C(C)Nc2cc(C(N)=S)ccn2)s1. The van der Waals surface area contributed by atoms with Crippen molar-refractivity contribution >= 4 is 34.4 Å². The molecule has 0 saturated heterocycles. The second-order valence-electron chi connectivity index (χ2n) is 4.18. The summed E-state index contributed by atoms with van der Waals surface area (Å²) in [7, 11) is 0. The summed E-state index contributed by atoms with van der Waals surface area (Å²) in [5.74, 6) is 0.756. The van der Waals surface area contributed by atoms with Crippen LogP contribution in [-0.4, -0.2) is 15.0 Å². The van der Waals surface area contributed by atoms with Crippen molar-refractivity contribution in [1.29, 1.82) is 0 Å². The lowest BCUT2D eigenvalue weighted by Gasteiger charge is -2.12. The molecule has 3 N–H and O–H groups in total. The third-order valence-electron chi connectivity index (χ3n) is 2.70. The Balaban J connectivity index is 2.12. The zero-order valence-electron chi connectivity index (χ0n) is 10.9. The van der Waals surface area contributed by atoms with E-state index >= 15 is 0 Å². The van der Waals surface area contributed by atoms with E-state index in [2.05, 4.69) is 29.1 Å². The molecule has 0 aliphatic heterocycles. The number of nitrogens with two attached hydrogens (primary N) is 1. The fourth-order valence-corrected chi connectivity index (χ4v) is 2.62. The van der Waals surface area contributed by atoms with Crippen LogP contribution in [0, 0.1) is 0 Å². The second kappa shape index (κ2) is 6.08. The molecule has 2 aromatic heterocycles. The summed E-state index contributed by atoms with van der Waals surface area (Å²) in [4.78, 5) is 10.3. The number of rotatable bonds is 5. The summed E-state index contributed by atoms with van der Waals surface area (Å²) in [6, 6.07) is 3.77. The van der Waals surface area contributed by atoms with Crippen LogP contribution >= 0.6 is 23.6 Å². The topological polar surface area (TPSA) is 63.8 Å². The van der Waals surface area contributed by atoms with Gasteiger partial charge < -0.3 is 11.1 Å². The standard InChI is InChI=1S/C13H16N4S2/c1-3-10-7-16-13(19-10)8(2)17-11-6-9(12(14)18)4-5-15-11/h4-8H,3H2,1-2H3,(H2,14,18)(H,15,17). The Labute approximate surface area is 122 Å². The summed E-state index contributed by atoms with van der Waals surface area (Å²) in [6.07, 6.45) is 4.64. The van der Waals surface area contributed by atoms with Gasteiger partial charge in [0.05, 0.1) is 6.04 Å². The summed E-state index contributed by atoms with van der Waals surface area (Å²) in [5, 5.41) is 4.37. The van der Waals surface area contributed by atoms with Gasteiger partial charge in [-0.1, -0.05) is 19.1 Å². The highest BCUT2D eigenvalue weighted by Crippen LogP contribution is 2.23. The molecule has 2 rings (SSSR count). The Hall–Kier alpha value is -1.53. The molecule has 1 atom stereocenters. The lowest BCUT2D eigenvalue weighted by atomic mass is 10.2. The van der Waals surface area contributed by atoms with Crippen LogP contribution in [0.5, 0.6) is 0 Å². The molecular weight excluding hydrogens is 276 g/mol. The lowest BCUT2D eigenvalue weighted by molar-refractivity contribution is 0.860. The smallest absolute Gasteiger partial charge is 0.127 e. The molecule has 2 aromatic rings. The van der Waals surface area contributed by atoms with Crippen LogP contribution < -0.4 is 11.1 Å². The van der Waals surface area contributed by atoms with Crippen molar-refractivity contribution in [3.8, 4) is 0 Å². The molecule has 4 nitrogen and oxygen atoms in total. The van der Waals surface area contributed by atoms with Gasteiger partial charge in [0, 0.05) is 22.8 Å². The van der Waals surface area contributed by atoms with Crippen molar-refractivity contribution in [2.24, 2.45) is 5.73 Å². The van der Waals surface area contributed by atoms with E-state index in [1.54, 1.807) is 23.6 Å². The third-order valence-corrected chi connectivity index (χ3v) is 4.26. The first-order valence-electron chi connectivity index (χ1n) is 6.07. The molecule has 0 bridgehead atoms. The highest BCUT2D eigenvalue weighted by atomic mass is 32.1. The number of aromatic nitrogens is 2. The Morgan fingerprint density at radius 1 is 1.53 bits per heavy atom. The zero-order chi connectivity index (χ0) is 13.8. The molecule has 0 fully saturated rings. The normalized spacial score (nSPS) is 12.1. The average Bonchev–Trinajstić information content (AvgIpc) is 2.88. The molecule has 0 amide bonds. The van der Waals surface area contributed by atoms with Crippen molar-refractivity contribution in [2.75, 3.05) is 5.32 Å². The predicted molar refractivity (Wildman–Crippen MR) is 83.7 cm³/mol. The number of nitrogens with one attached hydrogen (secondary N) is 1. The summed E-state index contributed by atoms with van der Waals surface area (Å²) in [5.41, 5.74) is 6.42. The van der Waals surface area contributed by atoms with Crippen LogP contribution in [0.15, 0.2) is 24.5 Å². The largest absolute Gasteiger partial charge is 0.389 e. The molecule has 0 spiro atoms. The summed E-state index contributed by atoms with van der Waals surface area (Å²) in [6.45, 7) is 4.19. The van der Waals surface area contributed by atoms with Crippen molar-refractivity contribution in [2.45, 2.75) is 26.3 Å². The van der Waals surface area contributed by atoms with Crippen LogP contribution in [0.3, 0.4) is 0 Å². The lowest BCUT2D eigenvalue weighted by Crippen LogP contribution is -2.12. The maximum atomic E-state index is 5.61. The van der Waals surface area contributed by atoms with Crippen LogP contribution in [0.4, 0.5) is 5.82 Å². The van der Waals surface area contributed by atoms with Crippen LogP contribution in [0.25, 0.3) is 0 Å². The summed E-state index contributed by atoms with van der Waals surface area (Å²) >= 11 is 6.68. The van der Waals surface area contributed by atoms with Crippen LogP contribution in [-0.2, 0) is 6.42 Å². The molecule has 100 valence electrons. The minimum atomic E-state index is 0.111. The number of pyridine rings is 1. The fourth-order valence-electron chi connectivity index (χ4n) is 1.63. The fraction of sp³-hybridized carbons (Fsp3) is 0.308. The van der Waals surface area contributed by atoms with Gasteiger partial charge in [0.25, 0.3) is 0 Å². The highest BCUT2D eigenvalue weighted by molar-refractivity contribution is 7.80. The molecule has 0 radical (unpaired) electrons. The predicted octanol–water partition coefficient (Wildman–Crippen LogP) is 2.91. The molecule has 0 aliphatic carbocycles. The minimum Gasteiger partial charge on any atom is -0.389 e. The highest BCUT2D eigenvalue weighted by Gasteiger charge is 2.11. The first kappa shape index (κ1) is 13.9. The monoisotopic (exact) mass is 292 g/mol. The van der Waals surface area contributed by atoms with E-state index in [1.165, 1.54) is 4.88 Å². The number of thiocarbonyl (C=S) groups is 1. The number of thiazole rings is 1. The first-order chi connectivity index (χ1) is 9.10. The van der Waals surface area contributed by atoms with Gasteiger partial charge in [-0.25, -0.2) is 9.97 Å². The Bertz CT molecular complexity index is 580. The van der Waals surface area contributed by atoms with Gasteiger partial charge in [-0.15, -0.1) is 11.3 Å². The maximum Gasteiger partial charge on any atom is 0.127 e. The van der Waals surface area contributed by atoms with Gasteiger partial charge in [-0.3, -0.25) is 0 Å². The van der Waals surface area contributed by atoms with Crippen LogP contribution in [0.2, 0.25) is 0 Å². The van der Waals surface area contributed by atoms with Crippen molar-refractivity contribution in [1.82, 2.24) is 9.97 Å². The molecule has 0 aliphatic rings. The molecule has 6 heteroatoms. The van der Waals surface area contributed by atoms with Gasteiger partial charge in [0.15, 0.2) is 0 Å². The van der Waals surface area contributed by atoms with Gasteiger partial charge >= 0.3 is 0 Å². The molecule has 0 saturated carbocycles. The number of aryl methyl sites for hydroxylation is 1. The Kier molecular flexibility index (Phi) is 4.44. The number of hydrogen-bond acceptors (Lipinski definition) is 5. The van der Waals surface area contributed by atoms with E-state index in [0.717, 1.165) is 22.8 Å². The quantitative estimate of drug-likeness (QED) is 0.830. The third kappa shape index (κ3) is 3.48. The minimum absolute atomic E-state index is 0.111. The number of nitrogens with zero attached hydrogens (tertiary/aromatic N) is 2. The zero-order valence-corrected chi connectivity index (χ0v) is 12.5. The van der Waals surface area contributed by atoms with Crippen molar-refractivity contribution in [3.63, 3.8) is 0 Å². The van der Waals surface area contributed by atoms with E-state index in [0.29, 0.717) is 4.99 Å². The van der Waals surface area contributed by atoms with E-state index in [4.69, 9.17) is 18.0 Å². The Morgan fingerprint density at radius 2 is 2.32 bits per heavy atom. The Morgan fingerprint density at radius 3 is 2.95 bits per heavy atom. The number of anilines is 1. The second-order valence-corrected chi connectivity index (χ2v) is 5.77. The molecule has 1 unspecified atom stereocenters. The van der Waals surface area contributed by atoms with Gasteiger partial charge in [0.1, 0.15) is 15.8 Å². The average molecular weight is 292 g/mol. The van der Waals surface area contributed by atoms with E-state index in [-0.39, 0.29) is 6.04 Å². The van der Waals surface area contributed by atoms with Crippen molar-refractivity contribution < 1.29 is 0 Å². The van der Waals surface area contributed by atoms with E-state index in [9.17, 15) is 0 Å². The molecular formula is C13H16N4S2. The molecule has 19 heavy (non-hydrogen) atoms. The number of hydrogen-bond donors (Lipinski definition) is 2. The van der Waals surface area contributed by atoms with Crippen LogP contribution in [0.1, 0.15) is 35.3 Å². The van der Waals surface area contributed by atoms with Gasteiger partial charge in [-0.2, -0.15) is 0 Å². The first-order valence-corrected chi connectivity index (χ1v) is 7.29. The maximum absolute atomic E-state index is 5.61. The van der Waals surface area contributed by atoms with Crippen molar-refractivity contribution in [3.05, 3.63) is 40.0 Å². The summed E-state index contributed by atoms with van der Waals surface area (Å²) < 4.78 is 0. The van der Waals surface area contributed by atoms with Gasteiger partial charge in [0.2, 0.25) is 0 Å². The van der Waals surface area contributed by atoms with E-state index < -0.39 is 0 Å². The van der Waals surface area contributed by atoms with Gasteiger partial charge in [-0.05, 0) is 25.5 Å².